The highest BCUT2D eigenvalue weighted by atomic mass is 19.2. The fourth-order valence-electron chi connectivity index (χ4n) is 3.09. The van der Waals surface area contributed by atoms with Crippen LogP contribution < -0.4 is 0 Å². The molecule has 0 spiro atoms. The summed E-state index contributed by atoms with van der Waals surface area (Å²) < 4.78 is 26.6. The summed E-state index contributed by atoms with van der Waals surface area (Å²) in [5.74, 6) is -1.62. The third-order valence-electron chi connectivity index (χ3n) is 4.08. The van der Waals surface area contributed by atoms with Gasteiger partial charge in [-0.15, -0.1) is 0 Å². The van der Waals surface area contributed by atoms with E-state index in [0.717, 1.165) is 17.5 Å². The number of benzene rings is 3. The highest BCUT2D eigenvalue weighted by Crippen LogP contribution is 2.41. The van der Waals surface area contributed by atoms with Crippen molar-refractivity contribution in [3.05, 3.63) is 83.4 Å². The zero-order valence-corrected chi connectivity index (χ0v) is 11.2. The summed E-state index contributed by atoms with van der Waals surface area (Å²) in [5, 5.41) is 0. The molecule has 0 saturated heterocycles. The molecule has 0 saturated carbocycles. The van der Waals surface area contributed by atoms with E-state index in [9.17, 15) is 8.78 Å². The van der Waals surface area contributed by atoms with Gasteiger partial charge in [0.2, 0.25) is 0 Å². The van der Waals surface area contributed by atoms with E-state index < -0.39 is 11.6 Å². The molecule has 0 aromatic heterocycles. The maximum Gasteiger partial charge on any atom is 0.159 e. The minimum atomic E-state index is -0.811. The molecule has 0 radical (unpaired) electrons. The van der Waals surface area contributed by atoms with E-state index in [1.54, 1.807) is 6.07 Å². The van der Waals surface area contributed by atoms with Crippen molar-refractivity contribution < 1.29 is 8.78 Å². The highest BCUT2D eigenvalue weighted by Gasteiger charge is 2.21. The molecule has 0 aliphatic heterocycles. The Morgan fingerprint density at radius 1 is 0.667 bits per heavy atom. The van der Waals surface area contributed by atoms with Crippen molar-refractivity contribution in [2.75, 3.05) is 0 Å². The quantitative estimate of drug-likeness (QED) is 0.449. The molecule has 2 heteroatoms. The van der Waals surface area contributed by atoms with E-state index in [0.29, 0.717) is 0 Å². The molecule has 0 fully saturated rings. The largest absolute Gasteiger partial charge is 0.204 e. The predicted molar refractivity (Wildman–Crippen MR) is 80.0 cm³/mol. The van der Waals surface area contributed by atoms with Gasteiger partial charge in [-0.1, -0.05) is 48.5 Å². The second kappa shape index (κ2) is 4.52. The van der Waals surface area contributed by atoms with Crippen LogP contribution in [0.4, 0.5) is 8.78 Å². The molecule has 0 amide bonds. The van der Waals surface area contributed by atoms with Gasteiger partial charge >= 0.3 is 0 Å². The molecule has 0 nitrogen and oxygen atoms in total. The minimum Gasteiger partial charge on any atom is -0.204 e. The van der Waals surface area contributed by atoms with Crippen molar-refractivity contribution in [1.82, 2.24) is 0 Å². The summed E-state index contributed by atoms with van der Waals surface area (Å²) in [6.07, 6.45) is 0.834. The molecule has 0 unspecified atom stereocenters. The number of rotatable bonds is 1. The number of hydrogen-bond donors (Lipinski definition) is 0. The normalized spacial score (nSPS) is 12.1. The third-order valence-corrected chi connectivity index (χ3v) is 4.08. The molecule has 3 aromatic rings. The number of fused-ring (bicyclic) bond motifs is 3. The number of halogens is 2. The van der Waals surface area contributed by atoms with Crippen LogP contribution in [0.1, 0.15) is 11.1 Å². The van der Waals surface area contributed by atoms with Crippen molar-refractivity contribution in [3.8, 4) is 22.3 Å². The second-order valence-electron chi connectivity index (χ2n) is 5.29. The van der Waals surface area contributed by atoms with Gasteiger partial charge in [0.25, 0.3) is 0 Å². The fraction of sp³-hybridized carbons (Fsp3) is 0.0526. The second-order valence-corrected chi connectivity index (χ2v) is 5.29. The van der Waals surface area contributed by atoms with Crippen molar-refractivity contribution in [1.29, 1.82) is 0 Å². The molecule has 3 aromatic carbocycles. The van der Waals surface area contributed by atoms with Crippen LogP contribution in [-0.4, -0.2) is 0 Å². The maximum absolute atomic E-state index is 13.5. The average Bonchev–Trinajstić information content (AvgIpc) is 2.89. The van der Waals surface area contributed by atoms with Crippen LogP contribution in [0.2, 0.25) is 0 Å². The van der Waals surface area contributed by atoms with Crippen molar-refractivity contribution in [2.24, 2.45) is 0 Å². The van der Waals surface area contributed by atoms with Crippen LogP contribution in [0.5, 0.6) is 0 Å². The first-order chi connectivity index (χ1) is 10.2. The van der Waals surface area contributed by atoms with Crippen LogP contribution in [0.25, 0.3) is 22.3 Å². The molecule has 1 aliphatic carbocycles. The van der Waals surface area contributed by atoms with Gasteiger partial charge < -0.3 is 0 Å². The third kappa shape index (κ3) is 1.87. The maximum atomic E-state index is 13.5. The first-order valence-corrected chi connectivity index (χ1v) is 6.89. The first kappa shape index (κ1) is 12.3. The van der Waals surface area contributed by atoms with E-state index >= 15 is 0 Å². The summed E-state index contributed by atoms with van der Waals surface area (Å²) in [6, 6.07) is 18.4. The Kier molecular flexibility index (Phi) is 2.64. The topological polar surface area (TPSA) is 0 Å². The van der Waals surface area contributed by atoms with Crippen LogP contribution >= 0.6 is 0 Å². The molecular weight excluding hydrogens is 266 g/mol. The van der Waals surface area contributed by atoms with Gasteiger partial charge in [-0.05, 0) is 51.9 Å². The van der Waals surface area contributed by atoms with Crippen LogP contribution in [0.3, 0.4) is 0 Å². The van der Waals surface area contributed by atoms with Gasteiger partial charge in [0.05, 0.1) is 0 Å². The Labute approximate surface area is 121 Å². The first-order valence-electron chi connectivity index (χ1n) is 6.89. The van der Waals surface area contributed by atoms with Crippen molar-refractivity contribution in [2.45, 2.75) is 6.42 Å². The lowest BCUT2D eigenvalue weighted by Gasteiger charge is -2.09. The van der Waals surface area contributed by atoms with E-state index in [2.05, 4.69) is 18.2 Å². The van der Waals surface area contributed by atoms with E-state index in [-0.39, 0.29) is 0 Å². The molecule has 0 bridgehead atoms. The Hall–Kier alpha value is -2.48. The molecule has 0 atom stereocenters. The summed E-state index contributed by atoms with van der Waals surface area (Å²) in [7, 11) is 0. The molecule has 0 heterocycles. The van der Waals surface area contributed by atoms with E-state index in [4.69, 9.17) is 0 Å². The Morgan fingerprint density at radius 3 is 2.29 bits per heavy atom. The lowest BCUT2D eigenvalue weighted by Crippen LogP contribution is -1.90. The summed E-state index contributed by atoms with van der Waals surface area (Å²) >= 11 is 0. The Morgan fingerprint density at radius 2 is 1.43 bits per heavy atom. The smallest absolute Gasteiger partial charge is 0.159 e. The molecule has 102 valence electrons. The molecule has 1 aliphatic rings. The molecular formula is C19H12F2. The Bertz CT molecular complexity index is 850. The zero-order valence-electron chi connectivity index (χ0n) is 11.2. The SMILES string of the molecule is Fc1ccc(-c2cccc3c2Cc2ccccc2-3)cc1F. The predicted octanol–water partition coefficient (Wildman–Crippen LogP) is 5.20. The van der Waals surface area contributed by atoms with E-state index in [1.807, 2.05) is 24.3 Å². The van der Waals surface area contributed by atoms with Crippen LogP contribution in [0.15, 0.2) is 60.7 Å². The highest BCUT2D eigenvalue weighted by molar-refractivity contribution is 5.84. The zero-order chi connectivity index (χ0) is 14.4. The minimum absolute atomic E-state index is 0.721. The van der Waals surface area contributed by atoms with Gasteiger partial charge in [-0.25, -0.2) is 8.78 Å². The Balaban J connectivity index is 1.92. The molecule has 21 heavy (non-hydrogen) atoms. The standard InChI is InChI=1S/C19H12F2/c20-18-9-8-13(11-19(18)21)15-6-3-7-16-14-5-2-1-4-12(14)10-17(15)16/h1-9,11H,10H2. The molecule has 4 rings (SSSR count). The lowest BCUT2D eigenvalue weighted by atomic mass is 9.96. The lowest BCUT2D eigenvalue weighted by molar-refractivity contribution is 0.509. The summed E-state index contributed by atoms with van der Waals surface area (Å²) in [5.41, 5.74) is 6.58. The summed E-state index contributed by atoms with van der Waals surface area (Å²) in [4.78, 5) is 0. The van der Waals surface area contributed by atoms with Gasteiger partial charge in [0.1, 0.15) is 0 Å². The van der Waals surface area contributed by atoms with Crippen LogP contribution in [-0.2, 0) is 6.42 Å². The monoisotopic (exact) mass is 278 g/mol. The number of hydrogen-bond acceptors (Lipinski definition) is 0. The van der Waals surface area contributed by atoms with E-state index in [1.165, 1.54) is 34.4 Å². The fourth-order valence-corrected chi connectivity index (χ4v) is 3.09. The van der Waals surface area contributed by atoms with Gasteiger partial charge in [0.15, 0.2) is 11.6 Å². The van der Waals surface area contributed by atoms with Crippen LogP contribution in [0, 0.1) is 11.6 Å². The van der Waals surface area contributed by atoms with Gasteiger partial charge in [-0.3, -0.25) is 0 Å². The molecule has 0 N–H and O–H groups in total. The van der Waals surface area contributed by atoms with Gasteiger partial charge in [-0.2, -0.15) is 0 Å². The summed E-state index contributed by atoms with van der Waals surface area (Å²) in [6.45, 7) is 0. The van der Waals surface area contributed by atoms with Crippen molar-refractivity contribution >= 4 is 0 Å². The van der Waals surface area contributed by atoms with Crippen molar-refractivity contribution in [3.63, 3.8) is 0 Å². The van der Waals surface area contributed by atoms with Gasteiger partial charge in [0, 0.05) is 0 Å². The average molecular weight is 278 g/mol.